The number of piperidine rings is 1. The predicted molar refractivity (Wildman–Crippen MR) is 76.6 cm³/mol. The summed E-state index contributed by atoms with van der Waals surface area (Å²) in [5.41, 5.74) is 0.242. The molecule has 1 aromatic rings. The average Bonchev–Trinajstić information content (AvgIpc) is 2.38. The molecule has 0 radical (unpaired) electrons. The number of primary sulfonamides is 1. The van der Waals surface area contributed by atoms with Crippen LogP contribution in [0.2, 0.25) is 0 Å². The van der Waals surface area contributed by atoms with Crippen LogP contribution in [0.3, 0.4) is 0 Å². The van der Waals surface area contributed by atoms with Crippen LogP contribution in [0.5, 0.6) is 0 Å². The van der Waals surface area contributed by atoms with Crippen molar-refractivity contribution in [3.05, 3.63) is 24.3 Å². The number of amides is 1. The second-order valence-corrected chi connectivity index (χ2v) is 6.64. The van der Waals surface area contributed by atoms with Crippen LogP contribution in [0.1, 0.15) is 19.8 Å². The zero-order valence-electron chi connectivity index (χ0n) is 11.3. The summed E-state index contributed by atoms with van der Waals surface area (Å²) in [5.74, 6) is -0.269. The molecule has 2 rings (SSSR count). The van der Waals surface area contributed by atoms with Crippen LogP contribution in [-0.4, -0.2) is 26.9 Å². The van der Waals surface area contributed by atoms with Crippen molar-refractivity contribution < 1.29 is 13.2 Å². The minimum absolute atomic E-state index is 0.0599. The van der Waals surface area contributed by atoms with Crippen molar-refractivity contribution in [1.29, 1.82) is 0 Å². The van der Waals surface area contributed by atoms with Crippen molar-refractivity contribution in [2.75, 3.05) is 11.9 Å². The second-order valence-electron chi connectivity index (χ2n) is 5.11. The third-order valence-corrected chi connectivity index (χ3v) is 4.41. The van der Waals surface area contributed by atoms with Gasteiger partial charge in [0.2, 0.25) is 15.9 Å². The number of rotatable bonds is 3. The van der Waals surface area contributed by atoms with E-state index < -0.39 is 10.0 Å². The van der Waals surface area contributed by atoms with E-state index in [0.717, 1.165) is 19.4 Å². The molecule has 6 nitrogen and oxygen atoms in total. The molecule has 1 aliphatic rings. The lowest BCUT2D eigenvalue weighted by atomic mass is 9.92. The Morgan fingerprint density at radius 2 is 2.10 bits per heavy atom. The smallest absolute Gasteiger partial charge is 0.240 e. The van der Waals surface area contributed by atoms with Crippen molar-refractivity contribution in [3.63, 3.8) is 0 Å². The van der Waals surface area contributed by atoms with Crippen molar-refractivity contribution in [3.8, 4) is 0 Å². The maximum Gasteiger partial charge on any atom is 0.240 e. The van der Waals surface area contributed by atoms with Gasteiger partial charge in [0, 0.05) is 12.0 Å². The number of carbonyl (C=O) groups excluding carboxylic acids is 1. The SMILES string of the molecule is CC1CC(C(=O)Nc2ccccc2S(N)(=O)=O)CCN1. The molecule has 0 aliphatic carbocycles. The van der Waals surface area contributed by atoms with Gasteiger partial charge in [-0.1, -0.05) is 12.1 Å². The second kappa shape index (κ2) is 5.90. The Balaban J connectivity index is 2.16. The summed E-state index contributed by atoms with van der Waals surface area (Å²) in [6.07, 6.45) is 1.48. The molecule has 4 N–H and O–H groups in total. The number of anilines is 1. The third-order valence-electron chi connectivity index (χ3n) is 3.45. The van der Waals surface area contributed by atoms with E-state index in [1.165, 1.54) is 6.07 Å². The van der Waals surface area contributed by atoms with Gasteiger partial charge >= 0.3 is 0 Å². The molecular weight excluding hydrogens is 278 g/mol. The molecule has 1 amide bonds. The first kappa shape index (κ1) is 15.0. The lowest BCUT2D eigenvalue weighted by Gasteiger charge is -2.27. The van der Waals surface area contributed by atoms with Crippen LogP contribution in [0.15, 0.2) is 29.2 Å². The average molecular weight is 297 g/mol. The van der Waals surface area contributed by atoms with E-state index in [4.69, 9.17) is 5.14 Å². The van der Waals surface area contributed by atoms with Crippen LogP contribution in [0.4, 0.5) is 5.69 Å². The van der Waals surface area contributed by atoms with Gasteiger partial charge in [0.15, 0.2) is 0 Å². The van der Waals surface area contributed by atoms with Crippen LogP contribution < -0.4 is 15.8 Å². The number of carbonyl (C=O) groups is 1. The minimum Gasteiger partial charge on any atom is -0.325 e. The number of nitrogens with one attached hydrogen (secondary N) is 2. The van der Waals surface area contributed by atoms with Crippen LogP contribution >= 0.6 is 0 Å². The zero-order chi connectivity index (χ0) is 14.8. The van der Waals surface area contributed by atoms with Crippen LogP contribution in [0, 0.1) is 5.92 Å². The highest BCUT2D eigenvalue weighted by Crippen LogP contribution is 2.22. The van der Waals surface area contributed by atoms with Crippen LogP contribution in [-0.2, 0) is 14.8 Å². The number of para-hydroxylation sites is 1. The Morgan fingerprint density at radius 3 is 2.75 bits per heavy atom. The summed E-state index contributed by atoms with van der Waals surface area (Å²) < 4.78 is 23.0. The molecule has 0 aromatic heterocycles. The molecule has 1 saturated heterocycles. The van der Waals surface area contributed by atoms with E-state index in [0.29, 0.717) is 0 Å². The van der Waals surface area contributed by atoms with Crippen molar-refractivity contribution in [2.24, 2.45) is 11.1 Å². The highest BCUT2D eigenvalue weighted by molar-refractivity contribution is 7.89. The summed E-state index contributed by atoms with van der Waals surface area (Å²) in [6.45, 7) is 2.81. The van der Waals surface area contributed by atoms with E-state index in [1.54, 1.807) is 18.2 Å². The fraction of sp³-hybridized carbons (Fsp3) is 0.462. The lowest BCUT2D eigenvalue weighted by molar-refractivity contribution is -0.120. The standard InChI is InChI=1S/C13H19N3O3S/c1-9-8-10(6-7-15-9)13(17)16-11-4-2-3-5-12(11)20(14,18)19/h2-5,9-10,15H,6-8H2,1H3,(H,16,17)(H2,14,18,19). The first-order chi connectivity index (χ1) is 9.38. The maximum absolute atomic E-state index is 12.2. The Kier molecular flexibility index (Phi) is 4.42. The van der Waals surface area contributed by atoms with E-state index in [1.807, 2.05) is 6.92 Å². The topological polar surface area (TPSA) is 101 Å². The molecule has 1 fully saturated rings. The van der Waals surface area contributed by atoms with Gasteiger partial charge in [-0.05, 0) is 38.4 Å². The molecule has 2 atom stereocenters. The molecule has 20 heavy (non-hydrogen) atoms. The van der Waals surface area contributed by atoms with Gasteiger partial charge in [-0.3, -0.25) is 4.79 Å². The van der Waals surface area contributed by atoms with Crippen LogP contribution in [0.25, 0.3) is 0 Å². The van der Waals surface area contributed by atoms with Crippen molar-refractivity contribution >= 4 is 21.6 Å². The molecule has 1 aliphatic heterocycles. The summed E-state index contributed by atoms with van der Waals surface area (Å²) in [4.78, 5) is 12.2. The lowest BCUT2D eigenvalue weighted by Crippen LogP contribution is -2.40. The Hall–Kier alpha value is -1.44. The molecule has 0 spiro atoms. The monoisotopic (exact) mass is 297 g/mol. The third kappa shape index (κ3) is 3.56. The number of benzene rings is 1. The molecule has 7 heteroatoms. The fourth-order valence-corrected chi connectivity index (χ4v) is 3.12. The van der Waals surface area contributed by atoms with E-state index >= 15 is 0 Å². The first-order valence-corrected chi connectivity index (χ1v) is 8.08. The normalized spacial score (nSPS) is 23.3. The highest BCUT2D eigenvalue weighted by atomic mass is 32.2. The quantitative estimate of drug-likeness (QED) is 0.763. The molecule has 1 aromatic carbocycles. The summed E-state index contributed by atoms with van der Waals surface area (Å²) in [5, 5.41) is 11.1. The molecule has 0 bridgehead atoms. The zero-order valence-corrected chi connectivity index (χ0v) is 12.1. The number of sulfonamides is 1. The molecule has 1 heterocycles. The van der Waals surface area contributed by atoms with Gasteiger partial charge in [-0.15, -0.1) is 0 Å². The Labute approximate surface area is 118 Å². The summed E-state index contributed by atoms with van der Waals surface area (Å²) in [6, 6.07) is 6.45. The number of nitrogens with two attached hydrogens (primary N) is 1. The minimum atomic E-state index is -3.85. The van der Waals surface area contributed by atoms with Gasteiger partial charge in [0.1, 0.15) is 4.90 Å². The van der Waals surface area contributed by atoms with Gasteiger partial charge in [-0.25, -0.2) is 13.6 Å². The van der Waals surface area contributed by atoms with Crippen molar-refractivity contribution in [1.82, 2.24) is 5.32 Å². The number of hydrogen-bond donors (Lipinski definition) is 3. The fourth-order valence-electron chi connectivity index (χ4n) is 2.42. The summed E-state index contributed by atoms with van der Waals surface area (Å²) >= 11 is 0. The highest BCUT2D eigenvalue weighted by Gasteiger charge is 2.25. The molecule has 110 valence electrons. The Bertz CT molecular complexity index is 601. The Morgan fingerprint density at radius 1 is 1.40 bits per heavy atom. The maximum atomic E-state index is 12.2. The molecule has 2 unspecified atom stereocenters. The number of hydrogen-bond acceptors (Lipinski definition) is 4. The van der Waals surface area contributed by atoms with Gasteiger partial charge in [0.05, 0.1) is 5.69 Å². The van der Waals surface area contributed by atoms with Gasteiger partial charge in [-0.2, -0.15) is 0 Å². The van der Waals surface area contributed by atoms with Gasteiger partial charge < -0.3 is 10.6 Å². The predicted octanol–water partition coefficient (Wildman–Crippen LogP) is 0.661. The van der Waals surface area contributed by atoms with Crippen molar-refractivity contribution in [2.45, 2.75) is 30.7 Å². The van der Waals surface area contributed by atoms with E-state index in [-0.39, 0.29) is 28.4 Å². The molecule has 0 saturated carbocycles. The summed E-state index contributed by atoms with van der Waals surface area (Å²) in [7, 11) is -3.85. The first-order valence-electron chi connectivity index (χ1n) is 6.54. The van der Waals surface area contributed by atoms with E-state index in [2.05, 4.69) is 10.6 Å². The van der Waals surface area contributed by atoms with Gasteiger partial charge in [0.25, 0.3) is 0 Å². The van der Waals surface area contributed by atoms with E-state index in [9.17, 15) is 13.2 Å². The molecular formula is C13H19N3O3S. The largest absolute Gasteiger partial charge is 0.325 e.